The molecule has 0 radical (unpaired) electrons. The molecule has 0 aliphatic heterocycles. The largest absolute Gasteiger partial charge is 0.299 e. The Balaban J connectivity index is 2.55. The Hall–Kier alpha value is -1.54. The molecular formula is C8H8ClN5O2S. The molecule has 0 aliphatic rings. The second kappa shape index (κ2) is 4.04. The number of rotatable bonds is 2. The van der Waals surface area contributed by atoms with E-state index in [2.05, 4.69) is 20.2 Å². The number of aromatic nitrogens is 5. The topological polar surface area (TPSA) is 90.6 Å². The quantitative estimate of drug-likeness (QED) is 0.741. The van der Waals surface area contributed by atoms with Gasteiger partial charge >= 0.3 is 0 Å². The van der Waals surface area contributed by atoms with Crippen LogP contribution in [0.15, 0.2) is 17.6 Å². The lowest BCUT2D eigenvalue weighted by Crippen LogP contribution is -2.03. The Morgan fingerprint density at radius 2 is 1.94 bits per heavy atom. The molecule has 0 unspecified atom stereocenters. The first-order valence-electron chi connectivity index (χ1n) is 4.52. The van der Waals surface area contributed by atoms with Crippen molar-refractivity contribution in [1.82, 2.24) is 24.7 Å². The molecule has 9 heteroatoms. The molecule has 2 aromatic rings. The summed E-state index contributed by atoms with van der Waals surface area (Å²) in [5.41, 5.74) is 1.18. The molecule has 2 aromatic heterocycles. The predicted octanol–water partition coefficient (Wildman–Crippen LogP) is 0.508. The molecule has 0 bridgehead atoms. The number of halogens is 1. The lowest BCUT2D eigenvalue weighted by Gasteiger charge is -2.00. The van der Waals surface area contributed by atoms with E-state index in [9.17, 15) is 8.42 Å². The number of hydrogen-bond donors (Lipinski definition) is 0. The van der Waals surface area contributed by atoms with Crippen LogP contribution in [0.4, 0.5) is 0 Å². The molecule has 0 aliphatic carbocycles. The van der Waals surface area contributed by atoms with Crippen LogP contribution < -0.4 is 0 Å². The maximum Gasteiger partial charge on any atom is 0.296 e. The molecule has 0 atom stereocenters. The summed E-state index contributed by atoms with van der Waals surface area (Å²) in [6, 6.07) is 0. The van der Waals surface area contributed by atoms with Gasteiger partial charge in [0, 0.05) is 23.9 Å². The minimum Gasteiger partial charge on any atom is -0.299 e. The van der Waals surface area contributed by atoms with Crippen molar-refractivity contribution in [1.29, 1.82) is 0 Å². The van der Waals surface area contributed by atoms with Gasteiger partial charge in [-0.05, 0) is 6.92 Å². The fraction of sp³-hybridized carbons (Fsp3) is 0.250. The van der Waals surface area contributed by atoms with Crippen molar-refractivity contribution >= 4 is 19.7 Å². The van der Waals surface area contributed by atoms with E-state index in [1.54, 1.807) is 13.1 Å². The summed E-state index contributed by atoms with van der Waals surface area (Å²) in [4.78, 5) is 8.12. The summed E-state index contributed by atoms with van der Waals surface area (Å²) in [7, 11) is 2.78. The van der Waals surface area contributed by atoms with Gasteiger partial charge in [0.05, 0.1) is 11.9 Å². The number of hydrogen-bond acceptors (Lipinski definition) is 6. The van der Waals surface area contributed by atoms with Crippen LogP contribution in [-0.4, -0.2) is 33.2 Å². The Morgan fingerprint density at radius 3 is 2.41 bits per heavy atom. The summed E-state index contributed by atoms with van der Waals surface area (Å²) >= 11 is 0. The average Bonchev–Trinajstić information content (AvgIpc) is 2.61. The molecule has 0 spiro atoms. The Kier molecular flexibility index (Phi) is 2.84. The fourth-order valence-electron chi connectivity index (χ4n) is 1.26. The molecule has 7 nitrogen and oxygen atoms in total. The summed E-state index contributed by atoms with van der Waals surface area (Å²) in [5.74, 6) is 0.289. The normalized spacial score (nSPS) is 11.7. The number of aryl methyl sites for hydroxylation is 1. The van der Waals surface area contributed by atoms with Crippen molar-refractivity contribution in [2.45, 2.75) is 12.1 Å². The molecule has 0 saturated heterocycles. The predicted molar refractivity (Wildman–Crippen MR) is 59.8 cm³/mol. The monoisotopic (exact) mass is 273 g/mol. The molecule has 2 heterocycles. The lowest BCUT2D eigenvalue weighted by atomic mass is 10.4. The molecule has 90 valence electrons. The third-order valence-corrected chi connectivity index (χ3v) is 3.27. The van der Waals surface area contributed by atoms with Crippen molar-refractivity contribution < 1.29 is 8.42 Å². The molecule has 0 N–H and O–H groups in total. The van der Waals surface area contributed by atoms with Crippen LogP contribution in [0.1, 0.15) is 5.69 Å². The van der Waals surface area contributed by atoms with Gasteiger partial charge in [-0.3, -0.25) is 9.55 Å². The van der Waals surface area contributed by atoms with Gasteiger partial charge in [0.15, 0.2) is 5.82 Å². The van der Waals surface area contributed by atoms with Gasteiger partial charge in [-0.2, -0.15) is 0 Å². The molecule has 0 saturated carbocycles. The van der Waals surface area contributed by atoms with E-state index in [1.165, 1.54) is 17.8 Å². The standard InChI is InChI=1S/C8H8ClN5O2S/c1-5-3-11-6(4-10-5)7-12-13-8(14(7)2)17(9,15)16/h3-4H,1-2H3. The zero-order valence-electron chi connectivity index (χ0n) is 8.99. The van der Waals surface area contributed by atoms with E-state index in [-0.39, 0.29) is 11.0 Å². The zero-order chi connectivity index (χ0) is 12.6. The van der Waals surface area contributed by atoms with E-state index < -0.39 is 9.05 Å². The van der Waals surface area contributed by atoms with Gasteiger partial charge in [0.25, 0.3) is 14.2 Å². The van der Waals surface area contributed by atoms with Crippen LogP contribution >= 0.6 is 10.7 Å². The SMILES string of the molecule is Cc1cnc(-c2nnc(S(=O)(=O)Cl)n2C)cn1. The second-order valence-corrected chi connectivity index (χ2v) is 5.81. The van der Waals surface area contributed by atoms with Crippen LogP contribution in [0.5, 0.6) is 0 Å². The molecule has 2 rings (SSSR count). The summed E-state index contributed by atoms with van der Waals surface area (Å²) in [5, 5.41) is 6.92. The van der Waals surface area contributed by atoms with Crippen molar-refractivity contribution in [2.24, 2.45) is 7.05 Å². The minimum atomic E-state index is -3.92. The second-order valence-electron chi connectivity index (χ2n) is 3.35. The highest BCUT2D eigenvalue weighted by Gasteiger charge is 2.21. The lowest BCUT2D eigenvalue weighted by molar-refractivity contribution is 0.593. The molecular weight excluding hydrogens is 266 g/mol. The highest BCUT2D eigenvalue weighted by Crippen LogP contribution is 2.18. The van der Waals surface area contributed by atoms with Gasteiger partial charge in [-0.25, -0.2) is 13.4 Å². The fourth-order valence-corrected chi connectivity index (χ4v) is 2.21. The summed E-state index contributed by atoms with van der Waals surface area (Å²) in [6.07, 6.45) is 3.04. The molecule has 0 fully saturated rings. The first-order valence-corrected chi connectivity index (χ1v) is 6.83. The average molecular weight is 274 g/mol. The molecule has 17 heavy (non-hydrogen) atoms. The third kappa shape index (κ3) is 2.27. The zero-order valence-corrected chi connectivity index (χ0v) is 10.6. The van der Waals surface area contributed by atoms with Crippen LogP contribution in [-0.2, 0) is 16.1 Å². The van der Waals surface area contributed by atoms with Gasteiger partial charge in [-0.1, -0.05) is 0 Å². The van der Waals surface area contributed by atoms with E-state index in [4.69, 9.17) is 10.7 Å². The maximum atomic E-state index is 11.2. The van der Waals surface area contributed by atoms with Crippen LogP contribution in [0.25, 0.3) is 11.5 Å². The van der Waals surface area contributed by atoms with Crippen molar-refractivity contribution in [3.05, 3.63) is 18.1 Å². The van der Waals surface area contributed by atoms with Gasteiger partial charge in [0.1, 0.15) is 5.69 Å². The van der Waals surface area contributed by atoms with Gasteiger partial charge < -0.3 is 0 Å². The minimum absolute atomic E-state index is 0.289. The maximum absolute atomic E-state index is 11.2. The smallest absolute Gasteiger partial charge is 0.296 e. The third-order valence-electron chi connectivity index (χ3n) is 2.06. The molecule has 0 aromatic carbocycles. The van der Waals surface area contributed by atoms with E-state index in [0.717, 1.165) is 5.69 Å². The Morgan fingerprint density at radius 1 is 1.24 bits per heavy atom. The first-order chi connectivity index (χ1) is 7.89. The van der Waals surface area contributed by atoms with Gasteiger partial charge in [0.2, 0.25) is 0 Å². The first kappa shape index (κ1) is 11.9. The number of nitrogens with zero attached hydrogens (tertiary/aromatic N) is 5. The van der Waals surface area contributed by atoms with Crippen molar-refractivity contribution in [3.63, 3.8) is 0 Å². The Labute approximate surface area is 102 Å². The van der Waals surface area contributed by atoms with Crippen molar-refractivity contribution in [2.75, 3.05) is 0 Å². The highest BCUT2D eigenvalue weighted by atomic mass is 35.7. The summed E-state index contributed by atoms with van der Waals surface area (Å²) in [6.45, 7) is 1.79. The molecule has 0 amide bonds. The Bertz CT molecular complexity index is 649. The van der Waals surface area contributed by atoms with Crippen LogP contribution in [0.3, 0.4) is 0 Å². The van der Waals surface area contributed by atoms with Crippen LogP contribution in [0.2, 0.25) is 0 Å². The van der Waals surface area contributed by atoms with E-state index >= 15 is 0 Å². The van der Waals surface area contributed by atoms with E-state index in [1.807, 2.05) is 0 Å². The van der Waals surface area contributed by atoms with Crippen molar-refractivity contribution in [3.8, 4) is 11.5 Å². The van der Waals surface area contributed by atoms with Crippen LogP contribution in [0, 0.1) is 6.92 Å². The summed E-state index contributed by atoms with van der Waals surface area (Å²) < 4.78 is 23.6. The highest BCUT2D eigenvalue weighted by molar-refractivity contribution is 8.13. The van der Waals surface area contributed by atoms with Gasteiger partial charge in [-0.15, -0.1) is 10.2 Å². The van der Waals surface area contributed by atoms with E-state index in [0.29, 0.717) is 5.69 Å².